The quantitative estimate of drug-likeness (QED) is 0.720. The van der Waals surface area contributed by atoms with Crippen molar-refractivity contribution in [3.63, 3.8) is 0 Å². The maximum atomic E-state index is 13.4. The summed E-state index contributed by atoms with van der Waals surface area (Å²) in [5, 5.41) is 11.5. The zero-order valence-corrected chi connectivity index (χ0v) is 10.4. The lowest BCUT2D eigenvalue weighted by atomic mass is 10.2. The Hall–Kier alpha value is -1.64. The third kappa shape index (κ3) is 5.13. The molecule has 98 valence electrons. The lowest BCUT2D eigenvalue weighted by Gasteiger charge is -2.08. The van der Waals surface area contributed by atoms with Gasteiger partial charge in [0.1, 0.15) is 5.82 Å². The lowest BCUT2D eigenvalue weighted by molar-refractivity contribution is 0.109. The van der Waals surface area contributed by atoms with E-state index in [1.54, 1.807) is 19.2 Å². The minimum Gasteiger partial charge on any atom is -0.385 e. The summed E-state index contributed by atoms with van der Waals surface area (Å²) in [7, 11) is 1.65. The standard InChI is InChI=1S/C13H17FN2O2/c1-17-6-2-7-18-8-5-16-13-4-3-11(10-15)9-12(13)14/h3-4,9,16H,2,5-8H2,1H3. The third-order valence-corrected chi connectivity index (χ3v) is 2.30. The van der Waals surface area contributed by atoms with Crippen LogP contribution in [0.3, 0.4) is 0 Å². The Kier molecular flexibility index (Phi) is 6.77. The van der Waals surface area contributed by atoms with E-state index < -0.39 is 5.82 Å². The van der Waals surface area contributed by atoms with Gasteiger partial charge < -0.3 is 14.8 Å². The Morgan fingerprint density at radius 1 is 1.33 bits per heavy atom. The number of ether oxygens (including phenoxy) is 2. The van der Waals surface area contributed by atoms with Gasteiger partial charge in [0.05, 0.1) is 23.9 Å². The van der Waals surface area contributed by atoms with Gasteiger partial charge in [-0.05, 0) is 24.6 Å². The van der Waals surface area contributed by atoms with Crippen molar-refractivity contribution < 1.29 is 13.9 Å². The maximum absolute atomic E-state index is 13.4. The Morgan fingerprint density at radius 3 is 2.83 bits per heavy atom. The van der Waals surface area contributed by atoms with Crippen molar-refractivity contribution in [3.8, 4) is 6.07 Å². The fourth-order valence-corrected chi connectivity index (χ4v) is 1.39. The normalized spacial score (nSPS) is 10.1. The number of halogens is 1. The predicted octanol–water partition coefficient (Wildman–Crippen LogP) is 2.16. The van der Waals surface area contributed by atoms with Crippen LogP contribution in [-0.4, -0.2) is 33.5 Å². The van der Waals surface area contributed by atoms with Crippen molar-refractivity contribution in [3.05, 3.63) is 29.6 Å². The molecule has 1 aromatic rings. The number of nitrogens with zero attached hydrogens (tertiary/aromatic N) is 1. The van der Waals surface area contributed by atoms with E-state index in [1.165, 1.54) is 6.07 Å². The molecule has 4 nitrogen and oxygen atoms in total. The molecule has 0 spiro atoms. The Labute approximate surface area is 106 Å². The first kappa shape index (κ1) is 14.4. The van der Waals surface area contributed by atoms with Gasteiger partial charge >= 0.3 is 0 Å². The number of hydrogen-bond donors (Lipinski definition) is 1. The van der Waals surface area contributed by atoms with Gasteiger partial charge in [0, 0.05) is 26.9 Å². The Bertz CT molecular complexity index is 404. The molecule has 0 aliphatic rings. The molecule has 0 aliphatic heterocycles. The molecule has 0 amide bonds. The number of nitrogens with one attached hydrogen (secondary N) is 1. The molecule has 1 rings (SSSR count). The number of nitriles is 1. The van der Waals surface area contributed by atoms with Gasteiger partial charge in [0.15, 0.2) is 0 Å². The molecule has 1 aromatic carbocycles. The van der Waals surface area contributed by atoms with Gasteiger partial charge in [0.2, 0.25) is 0 Å². The van der Waals surface area contributed by atoms with E-state index in [2.05, 4.69) is 5.32 Å². The van der Waals surface area contributed by atoms with Crippen LogP contribution >= 0.6 is 0 Å². The largest absolute Gasteiger partial charge is 0.385 e. The van der Waals surface area contributed by atoms with Gasteiger partial charge in [-0.3, -0.25) is 0 Å². The minimum atomic E-state index is -0.423. The highest BCUT2D eigenvalue weighted by Crippen LogP contribution is 2.14. The summed E-state index contributed by atoms with van der Waals surface area (Å²) in [6, 6.07) is 6.23. The molecule has 0 radical (unpaired) electrons. The van der Waals surface area contributed by atoms with Crippen LogP contribution < -0.4 is 5.32 Å². The third-order valence-electron chi connectivity index (χ3n) is 2.30. The number of rotatable bonds is 8. The number of hydrogen-bond acceptors (Lipinski definition) is 4. The van der Waals surface area contributed by atoms with Crippen LogP contribution in [0.1, 0.15) is 12.0 Å². The van der Waals surface area contributed by atoms with Crippen molar-refractivity contribution >= 4 is 5.69 Å². The van der Waals surface area contributed by atoms with E-state index in [9.17, 15) is 4.39 Å². The van der Waals surface area contributed by atoms with Crippen molar-refractivity contribution in [2.75, 3.05) is 38.8 Å². The van der Waals surface area contributed by atoms with Crippen LogP contribution in [-0.2, 0) is 9.47 Å². The van der Waals surface area contributed by atoms with E-state index in [4.69, 9.17) is 14.7 Å². The average molecular weight is 252 g/mol. The summed E-state index contributed by atoms with van der Waals surface area (Å²) in [5.41, 5.74) is 0.698. The van der Waals surface area contributed by atoms with Crippen LogP contribution in [0.5, 0.6) is 0 Å². The average Bonchev–Trinajstić information content (AvgIpc) is 2.39. The molecule has 0 unspecified atom stereocenters. The van der Waals surface area contributed by atoms with Crippen molar-refractivity contribution in [1.29, 1.82) is 5.26 Å². The molecule has 0 bridgehead atoms. The summed E-state index contributed by atoms with van der Waals surface area (Å²) < 4.78 is 23.7. The second-order valence-corrected chi connectivity index (χ2v) is 3.69. The molecule has 0 aliphatic carbocycles. The lowest BCUT2D eigenvalue weighted by Crippen LogP contribution is -2.11. The summed E-state index contributed by atoms with van der Waals surface area (Å²) in [6.45, 7) is 2.34. The van der Waals surface area contributed by atoms with E-state index in [-0.39, 0.29) is 0 Å². The molecule has 0 fully saturated rings. The van der Waals surface area contributed by atoms with Crippen molar-refractivity contribution in [1.82, 2.24) is 0 Å². The molecule has 0 atom stereocenters. The number of methoxy groups -OCH3 is 1. The monoisotopic (exact) mass is 252 g/mol. The van der Waals surface area contributed by atoms with E-state index >= 15 is 0 Å². The molecule has 5 heteroatoms. The van der Waals surface area contributed by atoms with Crippen LogP contribution in [0, 0.1) is 17.1 Å². The van der Waals surface area contributed by atoms with Gasteiger partial charge in [-0.15, -0.1) is 0 Å². The SMILES string of the molecule is COCCCOCCNc1ccc(C#N)cc1F. The highest BCUT2D eigenvalue weighted by molar-refractivity contribution is 5.48. The molecule has 0 saturated carbocycles. The van der Waals surface area contributed by atoms with E-state index in [0.29, 0.717) is 37.6 Å². The fourth-order valence-electron chi connectivity index (χ4n) is 1.39. The molecular formula is C13H17FN2O2. The summed E-state index contributed by atoms with van der Waals surface area (Å²) >= 11 is 0. The molecule has 0 heterocycles. The zero-order chi connectivity index (χ0) is 13.2. The van der Waals surface area contributed by atoms with Crippen LogP contribution in [0.15, 0.2) is 18.2 Å². The second kappa shape index (κ2) is 8.45. The molecule has 1 N–H and O–H groups in total. The maximum Gasteiger partial charge on any atom is 0.147 e. The van der Waals surface area contributed by atoms with Gasteiger partial charge in [-0.25, -0.2) is 4.39 Å². The Morgan fingerprint density at radius 2 is 2.17 bits per heavy atom. The number of anilines is 1. The minimum absolute atomic E-state index is 0.314. The zero-order valence-electron chi connectivity index (χ0n) is 10.4. The smallest absolute Gasteiger partial charge is 0.147 e. The predicted molar refractivity (Wildman–Crippen MR) is 66.9 cm³/mol. The molecule has 0 aromatic heterocycles. The topological polar surface area (TPSA) is 54.3 Å². The Balaban J connectivity index is 2.21. The molecular weight excluding hydrogens is 235 g/mol. The van der Waals surface area contributed by atoms with Gasteiger partial charge in [-0.1, -0.05) is 0 Å². The molecule has 0 saturated heterocycles. The summed E-state index contributed by atoms with van der Waals surface area (Å²) in [4.78, 5) is 0. The van der Waals surface area contributed by atoms with E-state index in [1.807, 2.05) is 6.07 Å². The molecule has 18 heavy (non-hydrogen) atoms. The number of benzene rings is 1. The van der Waals surface area contributed by atoms with Crippen molar-refractivity contribution in [2.45, 2.75) is 6.42 Å². The first-order valence-electron chi connectivity index (χ1n) is 5.78. The van der Waals surface area contributed by atoms with E-state index in [0.717, 1.165) is 6.42 Å². The van der Waals surface area contributed by atoms with Gasteiger partial charge in [-0.2, -0.15) is 5.26 Å². The summed E-state index contributed by atoms with van der Waals surface area (Å²) in [5.74, 6) is -0.423. The van der Waals surface area contributed by atoms with Crippen LogP contribution in [0.4, 0.5) is 10.1 Å². The fraction of sp³-hybridized carbons (Fsp3) is 0.462. The highest BCUT2D eigenvalue weighted by Gasteiger charge is 2.02. The van der Waals surface area contributed by atoms with Crippen molar-refractivity contribution in [2.24, 2.45) is 0 Å². The van der Waals surface area contributed by atoms with Crippen LogP contribution in [0.2, 0.25) is 0 Å². The first-order chi connectivity index (χ1) is 8.77. The van der Waals surface area contributed by atoms with Gasteiger partial charge in [0.25, 0.3) is 0 Å². The highest BCUT2D eigenvalue weighted by atomic mass is 19.1. The summed E-state index contributed by atoms with van der Waals surface area (Å²) in [6.07, 6.45) is 0.849. The van der Waals surface area contributed by atoms with Crippen LogP contribution in [0.25, 0.3) is 0 Å². The first-order valence-corrected chi connectivity index (χ1v) is 5.78. The second-order valence-electron chi connectivity index (χ2n) is 3.69.